The summed E-state index contributed by atoms with van der Waals surface area (Å²) in [6, 6.07) is 8.07. The molecule has 2 aromatic rings. The van der Waals surface area contributed by atoms with E-state index < -0.39 is 0 Å². The molecule has 1 amide bonds. The van der Waals surface area contributed by atoms with Gasteiger partial charge in [-0.3, -0.25) is 9.78 Å². The lowest BCUT2D eigenvalue weighted by atomic mass is 10.1. The van der Waals surface area contributed by atoms with Crippen LogP contribution in [0.4, 0.5) is 0 Å². The average Bonchev–Trinajstić information content (AvgIpc) is 3.07. The lowest BCUT2D eigenvalue weighted by Gasteiger charge is -2.25. The Morgan fingerprint density at radius 3 is 2.85 bits per heavy atom. The summed E-state index contributed by atoms with van der Waals surface area (Å²) in [4.78, 5) is 18.8. The van der Waals surface area contributed by atoms with Crippen LogP contribution in [0.1, 0.15) is 40.6 Å². The highest BCUT2D eigenvalue weighted by molar-refractivity contribution is 5.94. The van der Waals surface area contributed by atoms with Gasteiger partial charge in [-0.15, -0.1) is 0 Å². The number of nitrogens with zero attached hydrogens (tertiary/aromatic N) is 3. The molecule has 20 heavy (non-hydrogen) atoms. The fourth-order valence-corrected chi connectivity index (χ4v) is 2.90. The minimum Gasteiger partial charge on any atom is -0.353 e. The molecule has 1 saturated heterocycles. The summed E-state index contributed by atoms with van der Waals surface area (Å²) in [5.74, 6) is 0.0844. The van der Waals surface area contributed by atoms with E-state index in [0.717, 1.165) is 25.1 Å². The van der Waals surface area contributed by atoms with E-state index in [2.05, 4.69) is 15.6 Å². The van der Waals surface area contributed by atoms with E-state index in [1.807, 2.05) is 43.3 Å². The number of rotatable bonds is 2. The molecule has 0 bridgehead atoms. The van der Waals surface area contributed by atoms with Gasteiger partial charge in [0.25, 0.3) is 5.91 Å². The van der Waals surface area contributed by atoms with Gasteiger partial charge in [0, 0.05) is 37.4 Å². The highest BCUT2D eigenvalue weighted by Crippen LogP contribution is 2.32. The zero-order valence-corrected chi connectivity index (χ0v) is 11.9. The van der Waals surface area contributed by atoms with Crippen LogP contribution >= 0.6 is 0 Å². The predicted molar refractivity (Wildman–Crippen MR) is 77.4 cm³/mol. The molecular weight excluding hydrogens is 250 g/mol. The second kappa shape index (κ2) is 5.12. The third kappa shape index (κ3) is 2.22. The Labute approximate surface area is 119 Å². The summed E-state index contributed by atoms with van der Waals surface area (Å²) in [7, 11) is 2.03. The maximum absolute atomic E-state index is 12.7. The van der Waals surface area contributed by atoms with Gasteiger partial charge in [0.1, 0.15) is 0 Å². The third-order valence-electron chi connectivity index (χ3n) is 4.00. The van der Waals surface area contributed by atoms with Gasteiger partial charge in [-0.2, -0.15) is 0 Å². The zero-order chi connectivity index (χ0) is 14.1. The van der Waals surface area contributed by atoms with Crippen molar-refractivity contribution in [3.05, 3.63) is 53.6 Å². The summed E-state index contributed by atoms with van der Waals surface area (Å²) in [5.41, 5.74) is 2.81. The Hall–Kier alpha value is -2.10. The monoisotopic (exact) mass is 269 g/mol. The fourth-order valence-electron chi connectivity index (χ4n) is 2.90. The molecule has 0 saturated carbocycles. The van der Waals surface area contributed by atoms with Crippen LogP contribution in [-0.4, -0.2) is 26.9 Å². The molecule has 1 aliphatic rings. The van der Waals surface area contributed by atoms with Crippen molar-refractivity contribution in [2.24, 2.45) is 7.05 Å². The Morgan fingerprint density at radius 1 is 1.35 bits per heavy atom. The number of carbonyl (C=O) groups is 1. The Balaban J connectivity index is 1.87. The first-order valence-electron chi connectivity index (χ1n) is 7.01. The molecule has 0 N–H and O–H groups in total. The molecule has 0 aliphatic carbocycles. The van der Waals surface area contributed by atoms with Crippen molar-refractivity contribution in [3.63, 3.8) is 0 Å². The third-order valence-corrected chi connectivity index (χ3v) is 4.00. The van der Waals surface area contributed by atoms with E-state index in [1.54, 1.807) is 6.20 Å². The van der Waals surface area contributed by atoms with Gasteiger partial charge in [-0.05, 0) is 44.0 Å². The maximum Gasteiger partial charge on any atom is 0.255 e. The minimum absolute atomic E-state index is 0.0844. The Kier molecular flexibility index (Phi) is 3.30. The number of likely N-dealkylation sites (tertiary alicyclic amines) is 1. The van der Waals surface area contributed by atoms with Crippen molar-refractivity contribution in [1.82, 2.24) is 14.5 Å². The Morgan fingerprint density at radius 2 is 2.20 bits per heavy atom. The van der Waals surface area contributed by atoms with E-state index in [9.17, 15) is 4.79 Å². The van der Waals surface area contributed by atoms with Gasteiger partial charge in [0.05, 0.1) is 11.6 Å². The number of amides is 1. The maximum atomic E-state index is 12.7. The second-order valence-electron chi connectivity index (χ2n) is 5.39. The molecule has 1 atom stereocenters. The predicted octanol–water partition coefficient (Wildman–Crippen LogP) is 2.71. The average molecular weight is 269 g/mol. The van der Waals surface area contributed by atoms with Crippen LogP contribution in [0.25, 0.3) is 0 Å². The van der Waals surface area contributed by atoms with Crippen molar-refractivity contribution < 1.29 is 4.79 Å². The SMILES string of the molecule is Cc1ccc(C(=O)N2CCCC2c2cccn2C)cn1. The zero-order valence-electron chi connectivity index (χ0n) is 11.9. The van der Waals surface area contributed by atoms with Crippen LogP contribution in [0.2, 0.25) is 0 Å². The van der Waals surface area contributed by atoms with Crippen LogP contribution < -0.4 is 0 Å². The second-order valence-corrected chi connectivity index (χ2v) is 5.39. The molecule has 0 spiro atoms. The lowest BCUT2D eigenvalue weighted by Crippen LogP contribution is -2.31. The van der Waals surface area contributed by atoms with Gasteiger partial charge in [0.15, 0.2) is 0 Å². The van der Waals surface area contributed by atoms with Crippen LogP contribution in [0.15, 0.2) is 36.7 Å². The van der Waals surface area contributed by atoms with Crippen LogP contribution in [0.3, 0.4) is 0 Å². The first kappa shape index (κ1) is 12.9. The number of aromatic nitrogens is 2. The molecule has 1 unspecified atom stereocenters. The van der Waals surface area contributed by atoms with Crippen molar-refractivity contribution >= 4 is 5.91 Å². The number of hydrogen-bond donors (Lipinski definition) is 0. The standard InChI is InChI=1S/C16H19N3O/c1-12-7-8-13(11-17-12)16(20)19-10-4-6-15(19)14-5-3-9-18(14)2/h3,5,7-9,11,15H,4,6,10H2,1-2H3. The van der Waals surface area contributed by atoms with E-state index >= 15 is 0 Å². The highest BCUT2D eigenvalue weighted by atomic mass is 16.2. The summed E-state index contributed by atoms with van der Waals surface area (Å²) in [6.45, 7) is 2.75. The van der Waals surface area contributed by atoms with Crippen molar-refractivity contribution in [1.29, 1.82) is 0 Å². The number of hydrogen-bond acceptors (Lipinski definition) is 2. The smallest absolute Gasteiger partial charge is 0.255 e. The van der Waals surface area contributed by atoms with Crippen molar-refractivity contribution in [2.75, 3.05) is 6.54 Å². The van der Waals surface area contributed by atoms with Crippen LogP contribution in [0, 0.1) is 6.92 Å². The van der Waals surface area contributed by atoms with Gasteiger partial charge in [0.2, 0.25) is 0 Å². The van der Waals surface area contributed by atoms with Crippen LogP contribution in [0.5, 0.6) is 0 Å². The van der Waals surface area contributed by atoms with E-state index in [0.29, 0.717) is 5.56 Å². The van der Waals surface area contributed by atoms with Crippen molar-refractivity contribution in [3.8, 4) is 0 Å². The number of pyridine rings is 1. The molecule has 4 nitrogen and oxygen atoms in total. The fraction of sp³-hybridized carbons (Fsp3) is 0.375. The molecule has 1 fully saturated rings. The summed E-state index contributed by atoms with van der Waals surface area (Å²) < 4.78 is 2.10. The van der Waals surface area contributed by atoms with E-state index in [-0.39, 0.29) is 11.9 Å². The molecule has 0 radical (unpaired) electrons. The van der Waals surface area contributed by atoms with Gasteiger partial charge in [-0.25, -0.2) is 0 Å². The van der Waals surface area contributed by atoms with Gasteiger partial charge >= 0.3 is 0 Å². The lowest BCUT2D eigenvalue weighted by molar-refractivity contribution is 0.0731. The van der Waals surface area contributed by atoms with E-state index in [1.165, 1.54) is 5.69 Å². The number of carbonyl (C=O) groups excluding carboxylic acids is 1. The molecule has 3 rings (SSSR count). The van der Waals surface area contributed by atoms with E-state index in [4.69, 9.17) is 0 Å². The van der Waals surface area contributed by atoms with Gasteiger partial charge < -0.3 is 9.47 Å². The largest absolute Gasteiger partial charge is 0.353 e. The molecular formula is C16H19N3O. The van der Waals surface area contributed by atoms with Crippen LogP contribution in [-0.2, 0) is 7.05 Å². The molecule has 0 aromatic carbocycles. The number of aryl methyl sites for hydroxylation is 2. The molecule has 1 aliphatic heterocycles. The quantitative estimate of drug-likeness (QED) is 0.840. The first-order chi connectivity index (χ1) is 9.66. The summed E-state index contributed by atoms with van der Waals surface area (Å²) in [5, 5.41) is 0. The summed E-state index contributed by atoms with van der Waals surface area (Å²) >= 11 is 0. The van der Waals surface area contributed by atoms with Crippen molar-refractivity contribution in [2.45, 2.75) is 25.8 Å². The molecule has 4 heteroatoms. The van der Waals surface area contributed by atoms with Gasteiger partial charge in [-0.1, -0.05) is 0 Å². The highest BCUT2D eigenvalue weighted by Gasteiger charge is 2.31. The Bertz CT molecular complexity index is 615. The molecule has 104 valence electrons. The normalized spacial score (nSPS) is 18.5. The summed E-state index contributed by atoms with van der Waals surface area (Å²) in [6.07, 6.45) is 5.80. The molecule has 2 aromatic heterocycles. The first-order valence-corrected chi connectivity index (χ1v) is 7.01. The topological polar surface area (TPSA) is 38.1 Å². The molecule has 3 heterocycles. The minimum atomic E-state index is 0.0844.